The Labute approximate surface area is 217 Å². The van der Waals surface area contributed by atoms with Crippen molar-refractivity contribution in [2.45, 2.75) is 26.3 Å². The van der Waals surface area contributed by atoms with Gasteiger partial charge in [0.15, 0.2) is 11.5 Å². The summed E-state index contributed by atoms with van der Waals surface area (Å²) in [5, 5.41) is 11.6. The highest BCUT2D eigenvalue weighted by molar-refractivity contribution is 6.46. The van der Waals surface area contributed by atoms with Crippen LogP contribution in [0.15, 0.2) is 42.0 Å². The molecule has 1 saturated heterocycles. The number of methoxy groups -OCH3 is 3. The minimum Gasteiger partial charge on any atom is -0.507 e. The molecule has 2 aromatic carbocycles. The second kappa shape index (κ2) is 12.1. The first kappa shape index (κ1) is 27.4. The van der Waals surface area contributed by atoms with E-state index in [2.05, 4.69) is 18.7 Å². The number of ether oxygens (including phenoxy) is 3. The fourth-order valence-corrected chi connectivity index (χ4v) is 4.71. The predicted molar refractivity (Wildman–Crippen MR) is 139 cm³/mol. The first-order chi connectivity index (χ1) is 17.3. The van der Waals surface area contributed by atoms with Gasteiger partial charge in [0, 0.05) is 12.1 Å². The summed E-state index contributed by atoms with van der Waals surface area (Å²) < 4.78 is 16.0. The highest BCUT2D eigenvalue weighted by atomic mass is 35.5. The maximum Gasteiger partial charge on any atom is 0.295 e. The minimum absolute atomic E-state index is 0.00343. The average molecular weight is 517 g/mol. The highest BCUT2D eigenvalue weighted by Crippen LogP contribution is 2.42. The molecular formula is C27H33ClN2O6. The van der Waals surface area contributed by atoms with E-state index < -0.39 is 17.7 Å². The topological polar surface area (TPSA) is 88.5 Å². The lowest BCUT2D eigenvalue weighted by molar-refractivity contribution is -0.140. The van der Waals surface area contributed by atoms with E-state index in [4.69, 9.17) is 25.8 Å². The van der Waals surface area contributed by atoms with E-state index in [0.29, 0.717) is 41.3 Å². The van der Waals surface area contributed by atoms with Gasteiger partial charge < -0.3 is 29.1 Å². The number of carbonyl (C=O) groups excluding carboxylic acids is 2. The third-order valence-corrected chi connectivity index (χ3v) is 6.75. The van der Waals surface area contributed by atoms with Gasteiger partial charge in [0.1, 0.15) is 11.5 Å². The first-order valence-corrected chi connectivity index (χ1v) is 12.3. The third-order valence-electron chi connectivity index (χ3n) is 6.46. The van der Waals surface area contributed by atoms with Gasteiger partial charge >= 0.3 is 0 Å². The molecule has 2 aromatic rings. The Morgan fingerprint density at radius 1 is 0.972 bits per heavy atom. The number of hydrogen-bond acceptors (Lipinski definition) is 7. The van der Waals surface area contributed by atoms with Gasteiger partial charge in [-0.25, -0.2) is 0 Å². The lowest BCUT2D eigenvalue weighted by Crippen LogP contribution is -2.33. The fraction of sp³-hybridized carbons (Fsp3) is 0.407. The van der Waals surface area contributed by atoms with Crippen LogP contribution in [0.3, 0.4) is 0 Å². The van der Waals surface area contributed by atoms with Gasteiger partial charge in [-0.3, -0.25) is 9.59 Å². The zero-order chi connectivity index (χ0) is 26.4. The maximum absolute atomic E-state index is 13.3. The van der Waals surface area contributed by atoms with Crippen molar-refractivity contribution in [2.24, 2.45) is 0 Å². The van der Waals surface area contributed by atoms with Gasteiger partial charge in [0.25, 0.3) is 11.7 Å². The van der Waals surface area contributed by atoms with Gasteiger partial charge in [-0.2, -0.15) is 0 Å². The van der Waals surface area contributed by atoms with Crippen LogP contribution in [-0.2, 0) is 9.59 Å². The number of amides is 1. The van der Waals surface area contributed by atoms with Crippen LogP contribution < -0.4 is 14.2 Å². The van der Waals surface area contributed by atoms with Crippen molar-refractivity contribution in [3.63, 3.8) is 0 Å². The Morgan fingerprint density at radius 2 is 1.61 bits per heavy atom. The molecule has 194 valence electrons. The van der Waals surface area contributed by atoms with Crippen molar-refractivity contribution in [1.29, 1.82) is 0 Å². The number of nitrogens with zero attached hydrogens (tertiary/aromatic N) is 2. The quantitative estimate of drug-likeness (QED) is 0.267. The fourth-order valence-electron chi connectivity index (χ4n) is 4.45. The number of aliphatic hydroxyl groups excluding tert-OH is 1. The second-order valence-electron chi connectivity index (χ2n) is 8.34. The SMILES string of the molecule is CCN(CC)CCCN1C(=O)C(=O)C(=C(O)c2ccc(OC)c(Cl)c2)[C@H]1c1ccc(OC)c(OC)c1. The van der Waals surface area contributed by atoms with Crippen molar-refractivity contribution in [2.75, 3.05) is 47.5 Å². The summed E-state index contributed by atoms with van der Waals surface area (Å²) >= 11 is 6.27. The average Bonchev–Trinajstić information content (AvgIpc) is 3.15. The molecule has 8 nitrogen and oxygen atoms in total. The summed E-state index contributed by atoms with van der Waals surface area (Å²) in [5.74, 6) is -0.305. The molecule has 0 bridgehead atoms. The number of likely N-dealkylation sites (tertiary alicyclic amines) is 1. The molecule has 0 aromatic heterocycles. The van der Waals surface area contributed by atoms with Gasteiger partial charge in [0.05, 0.1) is 38.0 Å². The summed E-state index contributed by atoms with van der Waals surface area (Å²) in [7, 11) is 4.54. The second-order valence-corrected chi connectivity index (χ2v) is 8.74. The molecule has 0 aliphatic carbocycles. The van der Waals surface area contributed by atoms with E-state index in [1.165, 1.54) is 32.3 Å². The number of aliphatic hydroxyl groups is 1. The van der Waals surface area contributed by atoms with Crippen LogP contribution in [0.2, 0.25) is 5.02 Å². The molecular weight excluding hydrogens is 484 g/mol. The van der Waals surface area contributed by atoms with Crippen LogP contribution >= 0.6 is 11.6 Å². The van der Waals surface area contributed by atoms with Crippen LogP contribution in [0, 0.1) is 0 Å². The third kappa shape index (κ3) is 5.44. The smallest absolute Gasteiger partial charge is 0.295 e. The molecule has 1 amide bonds. The number of halogens is 1. The summed E-state index contributed by atoms with van der Waals surface area (Å²) in [6, 6.07) is 9.11. The lowest BCUT2D eigenvalue weighted by atomic mass is 9.95. The van der Waals surface area contributed by atoms with Gasteiger partial charge in [-0.1, -0.05) is 31.5 Å². The molecule has 0 saturated carbocycles. The molecule has 1 aliphatic heterocycles. The van der Waals surface area contributed by atoms with Gasteiger partial charge in [-0.05, 0) is 62.0 Å². The van der Waals surface area contributed by atoms with Crippen molar-refractivity contribution in [3.8, 4) is 17.2 Å². The summed E-state index contributed by atoms with van der Waals surface area (Å²) in [6.07, 6.45) is 0.674. The normalized spacial score (nSPS) is 17.1. The van der Waals surface area contributed by atoms with E-state index in [1.807, 2.05) is 0 Å². The standard InChI is InChI=1S/C27H33ClN2O6/c1-6-29(7-2)13-8-14-30-24(17-9-12-21(35-4)22(16-17)36-5)23(26(32)27(30)33)25(31)18-10-11-20(34-3)19(28)15-18/h9-12,15-16,24,31H,6-8,13-14H2,1-5H3/t24-/m1/s1. The monoisotopic (exact) mass is 516 g/mol. The Balaban J connectivity index is 2.11. The van der Waals surface area contributed by atoms with E-state index >= 15 is 0 Å². The van der Waals surface area contributed by atoms with Crippen LogP contribution in [0.25, 0.3) is 5.76 Å². The Kier molecular flexibility index (Phi) is 9.23. The van der Waals surface area contributed by atoms with Gasteiger partial charge in [-0.15, -0.1) is 0 Å². The molecule has 1 heterocycles. The Bertz CT molecular complexity index is 1150. The number of benzene rings is 2. The number of rotatable bonds is 11. The molecule has 0 spiro atoms. The molecule has 9 heteroatoms. The largest absolute Gasteiger partial charge is 0.507 e. The van der Waals surface area contributed by atoms with Crippen LogP contribution in [0.1, 0.15) is 37.4 Å². The van der Waals surface area contributed by atoms with Crippen LogP contribution in [0.4, 0.5) is 0 Å². The molecule has 36 heavy (non-hydrogen) atoms. The molecule has 1 atom stereocenters. The van der Waals surface area contributed by atoms with Crippen molar-refractivity contribution < 1.29 is 28.9 Å². The molecule has 3 rings (SSSR count). The van der Waals surface area contributed by atoms with E-state index in [-0.39, 0.29) is 16.4 Å². The zero-order valence-electron chi connectivity index (χ0n) is 21.3. The van der Waals surface area contributed by atoms with E-state index in [9.17, 15) is 14.7 Å². The molecule has 1 aliphatic rings. The summed E-state index contributed by atoms with van der Waals surface area (Å²) in [6.45, 7) is 7.08. The number of Topliss-reactive ketones (excluding diaryl/α,β-unsaturated/α-hetero) is 1. The zero-order valence-corrected chi connectivity index (χ0v) is 22.1. The first-order valence-electron chi connectivity index (χ1n) is 11.9. The number of ketones is 1. The minimum atomic E-state index is -0.803. The number of carbonyl (C=O) groups is 2. The van der Waals surface area contributed by atoms with Crippen molar-refractivity contribution >= 4 is 29.1 Å². The molecule has 0 radical (unpaired) electrons. The predicted octanol–water partition coefficient (Wildman–Crippen LogP) is 4.52. The van der Waals surface area contributed by atoms with Crippen LogP contribution in [-0.4, -0.2) is 74.1 Å². The highest BCUT2D eigenvalue weighted by Gasteiger charge is 2.46. The summed E-state index contributed by atoms with van der Waals surface area (Å²) in [4.78, 5) is 30.3. The van der Waals surface area contributed by atoms with Gasteiger partial charge in [0.2, 0.25) is 0 Å². The lowest BCUT2D eigenvalue weighted by Gasteiger charge is -2.27. The van der Waals surface area contributed by atoms with Crippen molar-refractivity contribution in [1.82, 2.24) is 9.80 Å². The Morgan fingerprint density at radius 3 is 2.19 bits per heavy atom. The number of hydrogen-bond donors (Lipinski definition) is 1. The van der Waals surface area contributed by atoms with E-state index in [1.54, 1.807) is 30.3 Å². The summed E-state index contributed by atoms with van der Waals surface area (Å²) in [5.41, 5.74) is 0.930. The molecule has 1 fully saturated rings. The molecule has 1 N–H and O–H groups in total. The van der Waals surface area contributed by atoms with E-state index in [0.717, 1.165) is 19.6 Å². The van der Waals surface area contributed by atoms with Crippen LogP contribution in [0.5, 0.6) is 17.2 Å². The van der Waals surface area contributed by atoms with Crippen molar-refractivity contribution in [3.05, 3.63) is 58.1 Å². The maximum atomic E-state index is 13.3. The molecule has 0 unspecified atom stereocenters. The Hall–Kier alpha value is -3.23.